The Bertz CT molecular complexity index is 1210. The van der Waals surface area contributed by atoms with E-state index < -0.39 is 23.3 Å². The van der Waals surface area contributed by atoms with Crippen LogP contribution in [0.2, 0.25) is 0 Å². The van der Waals surface area contributed by atoms with Gasteiger partial charge >= 0.3 is 12.1 Å². The summed E-state index contributed by atoms with van der Waals surface area (Å²) in [7, 11) is 2.73. The Morgan fingerprint density at radius 3 is 2.44 bits per heavy atom. The molecule has 0 aliphatic heterocycles. The summed E-state index contributed by atoms with van der Waals surface area (Å²) in [4.78, 5) is 12.2. The molecule has 7 nitrogen and oxygen atoms in total. The summed E-state index contributed by atoms with van der Waals surface area (Å²) in [6.07, 6.45) is -4.56. The Balaban J connectivity index is 2.04. The fourth-order valence-corrected chi connectivity index (χ4v) is 3.29. The van der Waals surface area contributed by atoms with Gasteiger partial charge in [-0.3, -0.25) is 0 Å². The van der Waals surface area contributed by atoms with E-state index in [4.69, 9.17) is 14.7 Å². The van der Waals surface area contributed by atoms with Crippen molar-refractivity contribution in [2.45, 2.75) is 25.6 Å². The first-order chi connectivity index (χ1) is 15.0. The van der Waals surface area contributed by atoms with Gasteiger partial charge in [-0.2, -0.15) is 18.4 Å². The zero-order valence-corrected chi connectivity index (χ0v) is 17.7. The molecule has 0 bridgehead atoms. The van der Waals surface area contributed by atoms with Crippen molar-refractivity contribution in [3.63, 3.8) is 0 Å². The number of esters is 1. The molecule has 10 heteroatoms. The summed E-state index contributed by atoms with van der Waals surface area (Å²) < 4.78 is 52.6. The van der Waals surface area contributed by atoms with Crippen molar-refractivity contribution in [3.05, 3.63) is 65.0 Å². The topological polar surface area (TPSA) is 90.0 Å². The van der Waals surface area contributed by atoms with Gasteiger partial charge in [-0.25, -0.2) is 4.79 Å². The van der Waals surface area contributed by atoms with Crippen molar-refractivity contribution in [2.24, 2.45) is 7.05 Å². The average Bonchev–Trinajstić information content (AvgIpc) is 3.14. The summed E-state index contributed by atoms with van der Waals surface area (Å²) in [5, 5.41) is 17.1. The number of carbonyl (C=O) groups is 1. The first kappa shape index (κ1) is 22.8. The number of hydrogen-bond acceptors (Lipinski definition) is 6. The molecule has 0 N–H and O–H groups in total. The van der Waals surface area contributed by atoms with Crippen LogP contribution in [-0.2, 0) is 23.6 Å². The van der Waals surface area contributed by atoms with Crippen molar-refractivity contribution in [3.8, 4) is 23.2 Å². The van der Waals surface area contributed by atoms with Crippen LogP contribution < -0.4 is 4.74 Å². The molecule has 1 heterocycles. The molecule has 0 saturated heterocycles. The molecule has 0 aliphatic carbocycles. The molecule has 0 saturated carbocycles. The molecule has 0 unspecified atom stereocenters. The van der Waals surface area contributed by atoms with Crippen LogP contribution in [0.1, 0.15) is 41.2 Å². The van der Waals surface area contributed by atoms with Crippen molar-refractivity contribution >= 4 is 5.97 Å². The number of alkyl halides is 3. The zero-order valence-electron chi connectivity index (χ0n) is 17.7. The third-order valence-corrected chi connectivity index (χ3v) is 4.77. The number of hydrogen-bond donors (Lipinski definition) is 0. The Morgan fingerprint density at radius 1 is 1.12 bits per heavy atom. The molecule has 1 aromatic heterocycles. The van der Waals surface area contributed by atoms with Gasteiger partial charge in [0.05, 0.1) is 24.3 Å². The third-order valence-electron chi connectivity index (χ3n) is 4.77. The van der Waals surface area contributed by atoms with Gasteiger partial charge in [0, 0.05) is 12.6 Å². The van der Waals surface area contributed by atoms with Crippen molar-refractivity contribution in [2.75, 3.05) is 7.11 Å². The molecular weight excluding hydrogens is 425 g/mol. The van der Waals surface area contributed by atoms with E-state index in [2.05, 4.69) is 10.2 Å². The maximum absolute atomic E-state index is 13.5. The first-order valence-corrected chi connectivity index (χ1v) is 9.37. The van der Waals surface area contributed by atoms with Gasteiger partial charge in [0.1, 0.15) is 11.3 Å². The van der Waals surface area contributed by atoms with E-state index in [0.29, 0.717) is 0 Å². The minimum atomic E-state index is -4.56. The summed E-state index contributed by atoms with van der Waals surface area (Å²) in [5.41, 5.74) is -1.89. The molecule has 166 valence electrons. The average molecular weight is 444 g/mol. The number of aromatic nitrogens is 3. The highest BCUT2D eigenvalue weighted by atomic mass is 19.4. The molecule has 2 aromatic carbocycles. The predicted octanol–water partition coefficient (Wildman–Crippen LogP) is 4.47. The fraction of sp³-hybridized carbons (Fsp3) is 0.273. The molecule has 0 aliphatic rings. The molecular formula is C22H19F3N4O3. The molecule has 0 atom stereocenters. The second-order valence-corrected chi connectivity index (χ2v) is 7.38. The maximum atomic E-state index is 13.5. The van der Waals surface area contributed by atoms with Crippen molar-refractivity contribution in [1.29, 1.82) is 5.26 Å². The van der Waals surface area contributed by atoms with E-state index in [9.17, 15) is 18.0 Å². The van der Waals surface area contributed by atoms with Crippen LogP contribution in [0.5, 0.6) is 5.75 Å². The lowest BCUT2D eigenvalue weighted by atomic mass is 10.1. The fourth-order valence-electron chi connectivity index (χ4n) is 3.29. The Hall–Kier alpha value is -3.87. The van der Waals surface area contributed by atoms with E-state index in [0.717, 1.165) is 6.07 Å². The van der Waals surface area contributed by atoms with Crippen molar-refractivity contribution in [1.82, 2.24) is 14.8 Å². The van der Waals surface area contributed by atoms with Gasteiger partial charge in [-0.05, 0) is 38.1 Å². The summed E-state index contributed by atoms with van der Waals surface area (Å²) in [6.45, 7) is 3.27. The highest BCUT2D eigenvalue weighted by molar-refractivity contribution is 5.92. The van der Waals surface area contributed by atoms with Crippen LogP contribution in [-0.4, -0.2) is 27.8 Å². The number of nitriles is 1. The molecule has 0 fully saturated rings. The van der Waals surface area contributed by atoms with Gasteiger partial charge in [0.15, 0.2) is 17.2 Å². The van der Waals surface area contributed by atoms with Crippen LogP contribution in [0.25, 0.3) is 11.4 Å². The standard InChI is InChI=1S/C22H19F3N4O3/c1-21(2,32-17-10-9-13(12-26)11-15(17)19(30)31-4)20-28-27-18(29(20)3)14-7-5-6-8-16(14)22(23,24)25/h5-11H,1-4H3. The highest BCUT2D eigenvalue weighted by Gasteiger charge is 2.36. The Labute approximate surface area is 182 Å². The lowest BCUT2D eigenvalue weighted by Gasteiger charge is -2.26. The second kappa shape index (κ2) is 8.34. The van der Waals surface area contributed by atoms with E-state index in [1.165, 1.54) is 55.1 Å². The Kier molecular flexibility index (Phi) is 5.94. The van der Waals surface area contributed by atoms with E-state index >= 15 is 0 Å². The Morgan fingerprint density at radius 2 is 1.81 bits per heavy atom. The minimum Gasteiger partial charge on any atom is -0.479 e. The second-order valence-electron chi connectivity index (χ2n) is 7.38. The number of halogens is 3. The summed E-state index contributed by atoms with van der Waals surface area (Å²) in [6, 6.07) is 11.3. The van der Waals surface area contributed by atoms with Crippen LogP contribution in [0.3, 0.4) is 0 Å². The largest absolute Gasteiger partial charge is 0.479 e. The quantitative estimate of drug-likeness (QED) is 0.540. The normalized spacial score (nSPS) is 11.7. The van der Waals surface area contributed by atoms with Gasteiger partial charge < -0.3 is 14.0 Å². The monoisotopic (exact) mass is 444 g/mol. The minimum absolute atomic E-state index is 0.0117. The molecule has 0 spiro atoms. The van der Waals surface area contributed by atoms with Crippen LogP contribution in [0, 0.1) is 11.3 Å². The number of benzene rings is 2. The van der Waals surface area contributed by atoms with Crippen LogP contribution in [0.4, 0.5) is 13.2 Å². The molecule has 32 heavy (non-hydrogen) atoms. The molecule has 0 amide bonds. The van der Waals surface area contributed by atoms with E-state index in [1.807, 2.05) is 6.07 Å². The van der Waals surface area contributed by atoms with Gasteiger partial charge in [-0.15, -0.1) is 10.2 Å². The zero-order chi connectivity index (χ0) is 23.7. The lowest BCUT2D eigenvalue weighted by molar-refractivity contribution is -0.137. The third kappa shape index (κ3) is 4.27. The molecule has 3 rings (SSSR count). The molecule has 0 radical (unpaired) electrons. The van der Waals surface area contributed by atoms with E-state index in [-0.39, 0.29) is 34.1 Å². The molecule has 3 aromatic rings. The van der Waals surface area contributed by atoms with Gasteiger partial charge in [-0.1, -0.05) is 18.2 Å². The maximum Gasteiger partial charge on any atom is 0.417 e. The van der Waals surface area contributed by atoms with E-state index in [1.54, 1.807) is 13.8 Å². The summed E-state index contributed by atoms with van der Waals surface area (Å²) >= 11 is 0. The number of methoxy groups -OCH3 is 1. The predicted molar refractivity (Wildman–Crippen MR) is 108 cm³/mol. The lowest BCUT2D eigenvalue weighted by Crippen LogP contribution is -2.30. The smallest absolute Gasteiger partial charge is 0.417 e. The number of ether oxygens (including phenoxy) is 2. The summed E-state index contributed by atoms with van der Waals surface area (Å²) in [5.74, 6) is -0.339. The van der Waals surface area contributed by atoms with Crippen molar-refractivity contribution < 1.29 is 27.4 Å². The van der Waals surface area contributed by atoms with Crippen LogP contribution in [0.15, 0.2) is 42.5 Å². The van der Waals surface area contributed by atoms with Crippen LogP contribution >= 0.6 is 0 Å². The number of rotatable bonds is 5. The first-order valence-electron chi connectivity index (χ1n) is 9.37. The number of nitrogens with zero attached hydrogens (tertiary/aromatic N) is 4. The van der Waals surface area contributed by atoms with Gasteiger partial charge in [0.2, 0.25) is 0 Å². The highest BCUT2D eigenvalue weighted by Crippen LogP contribution is 2.37. The number of carbonyl (C=O) groups excluding carboxylic acids is 1. The SMILES string of the molecule is COC(=O)c1cc(C#N)ccc1OC(C)(C)c1nnc(-c2ccccc2C(F)(F)F)n1C. The van der Waals surface area contributed by atoms with Gasteiger partial charge in [0.25, 0.3) is 0 Å².